The van der Waals surface area contributed by atoms with E-state index in [2.05, 4.69) is 15.4 Å². The fourth-order valence-electron chi connectivity index (χ4n) is 4.64. The lowest BCUT2D eigenvalue weighted by molar-refractivity contribution is -0.116. The summed E-state index contributed by atoms with van der Waals surface area (Å²) in [4.78, 5) is 17.9. The van der Waals surface area contributed by atoms with Crippen LogP contribution in [-0.4, -0.2) is 47.0 Å². The van der Waals surface area contributed by atoms with Crippen LogP contribution in [0.1, 0.15) is 35.9 Å². The van der Waals surface area contributed by atoms with Crippen LogP contribution in [0, 0.1) is 0 Å². The van der Waals surface area contributed by atoms with E-state index < -0.39 is 6.04 Å². The van der Waals surface area contributed by atoms with Gasteiger partial charge in [-0.05, 0) is 47.7 Å². The van der Waals surface area contributed by atoms with Gasteiger partial charge in [-0.15, -0.1) is 0 Å². The lowest BCUT2D eigenvalue weighted by Crippen LogP contribution is -2.33. The van der Waals surface area contributed by atoms with Crippen molar-refractivity contribution in [3.05, 3.63) is 65.1 Å². The lowest BCUT2D eigenvalue weighted by atomic mass is 9.78. The lowest BCUT2D eigenvalue weighted by Gasteiger charge is -2.35. The zero-order chi connectivity index (χ0) is 23.1. The third-order valence-corrected chi connectivity index (χ3v) is 6.27. The highest BCUT2D eigenvalue weighted by molar-refractivity contribution is 6.00. The van der Waals surface area contributed by atoms with Crippen molar-refractivity contribution in [2.75, 3.05) is 26.6 Å². The van der Waals surface area contributed by atoms with Crippen LogP contribution in [-0.2, 0) is 4.79 Å². The number of hydrogen-bond donors (Lipinski definition) is 2. The molecule has 2 unspecified atom stereocenters. The second kappa shape index (κ2) is 8.16. The summed E-state index contributed by atoms with van der Waals surface area (Å²) in [7, 11) is 4.57. The molecule has 0 bridgehead atoms. The fourth-order valence-corrected chi connectivity index (χ4v) is 4.64. The number of fused-ring (bicyclic) bond motifs is 1. The summed E-state index contributed by atoms with van der Waals surface area (Å²) < 4.78 is 17.6. The van der Waals surface area contributed by atoms with E-state index in [4.69, 9.17) is 14.2 Å². The molecule has 0 saturated carbocycles. The number of benzene rings is 2. The summed E-state index contributed by atoms with van der Waals surface area (Å²) in [6.45, 7) is 0. The zero-order valence-corrected chi connectivity index (χ0v) is 18.5. The molecule has 2 aromatic carbocycles. The first kappa shape index (κ1) is 20.9. The van der Waals surface area contributed by atoms with Gasteiger partial charge in [-0.2, -0.15) is 10.1 Å². The molecule has 1 aliphatic carbocycles. The Morgan fingerprint density at radius 3 is 2.33 bits per heavy atom. The maximum atomic E-state index is 13.5. The van der Waals surface area contributed by atoms with Gasteiger partial charge >= 0.3 is 0 Å². The maximum Gasteiger partial charge on any atom is 0.226 e. The van der Waals surface area contributed by atoms with E-state index in [0.29, 0.717) is 29.9 Å². The molecule has 9 heteroatoms. The predicted octanol–water partition coefficient (Wildman–Crippen LogP) is 3.43. The van der Waals surface area contributed by atoms with Crippen molar-refractivity contribution >= 4 is 11.7 Å². The van der Waals surface area contributed by atoms with E-state index in [1.165, 1.54) is 20.5 Å². The number of aromatic nitrogens is 3. The minimum absolute atomic E-state index is 0.0294. The van der Waals surface area contributed by atoms with E-state index in [0.717, 1.165) is 17.0 Å². The number of aromatic hydroxyl groups is 1. The Balaban J connectivity index is 1.59. The van der Waals surface area contributed by atoms with E-state index in [1.54, 1.807) is 23.9 Å². The van der Waals surface area contributed by atoms with E-state index >= 15 is 0 Å². The first-order valence-corrected chi connectivity index (χ1v) is 10.6. The van der Waals surface area contributed by atoms with Crippen LogP contribution in [0.5, 0.6) is 23.0 Å². The molecule has 2 heterocycles. The summed E-state index contributed by atoms with van der Waals surface area (Å²) in [5.41, 5.74) is 3.24. The third kappa shape index (κ3) is 3.45. The second-order valence-corrected chi connectivity index (χ2v) is 8.02. The number of ketones is 1. The minimum atomic E-state index is -0.522. The van der Waals surface area contributed by atoms with Crippen molar-refractivity contribution in [1.82, 2.24) is 14.8 Å². The average molecular weight is 448 g/mol. The highest BCUT2D eigenvalue weighted by Gasteiger charge is 2.39. The number of Topliss-reactive ketones (excluding diaryl/α,β-unsaturated/α-hetero) is 1. The largest absolute Gasteiger partial charge is 0.502 e. The molecule has 2 aliphatic rings. The molecule has 33 heavy (non-hydrogen) atoms. The minimum Gasteiger partial charge on any atom is -0.502 e. The monoisotopic (exact) mass is 448 g/mol. The van der Waals surface area contributed by atoms with E-state index in [-0.39, 0.29) is 28.9 Å². The number of carbonyl (C=O) groups is 1. The Labute approximate surface area is 190 Å². The average Bonchev–Trinajstić information content (AvgIpc) is 3.31. The number of carbonyl (C=O) groups excluding carboxylic acids is 1. The number of rotatable bonds is 5. The number of nitrogens with zero attached hydrogens (tertiary/aromatic N) is 3. The molecule has 2 atom stereocenters. The van der Waals surface area contributed by atoms with Gasteiger partial charge in [0.2, 0.25) is 11.7 Å². The standard InChI is InChI=1S/C24H24N4O5/c1-31-16-6-4-13(5-7-16)14-8-17-21(18(29)9-14)22(28-24(27-17)25-12-26-28)15-10-19(32-2)23(30)20(11-15)33-3/h4-7,10-12,14,22,30H,8-9H2,1-3H3,(H,25,26,27). The highest BCUT2D eigenvalue weighted by Crippen LogP contribution is 2.47. The molecule has 0 spiro atoms. The number of methoxy groups -OCH3 is 3. The van der Waals surface area contributed by atoms with Gasteiger partial charge in [-0.1, -0.05) is 12.1 Å². The van der Waals surface area contributed by atoms with Gasteiger partial charge in [0.05, 0.1) is 21.3 Å². The van der Waals surface area contributed by atoms with Gasteiger partial charge in [-0.25, -0.2) is 4.68 Å². The van der Waals surface area contributed by atoms with Gasteiger partial charge in [0.1, 0.15) is 18.1 Å². The molecule has 9 nitrogen and oxygen atoms in total. The van der Waals surface area contributed by atoms with Crippen LogP contribution < -0.4 is 19.5 Å². The van der Waals surface area contributed by atoms with E-state index in [9.17, 15) is 9.90 Å². The molecule has 2 N–H and O–H groups in total. The third-order valence-electron chi connectivity index (χ3n) is 6.27. The van der Waals surface area contributed by atoms with Crippen molar-refractivity contribution in [3.63, 3.8) is 0 Å². The quantitative estimate of drug-likeness (QED) is 0.611. The Bertz CT molecular complexity index is 1220. The number of allylic oxidation sites excluding steroid dienone is 2. The van der Waals surface area contributed by atoms with Gasteiger partial charge in [0.15, 0.2) is 17.3 Å². The fraction of sp³-hybridized carbons (Fsp3) is 0.292. The zero-order valence-electron chi connectivity index (χ0n) is 18.5. The molecular weight excluding hydrogens is 424 g/mol. The number of ether oxygens (including phenoxy) is 3. The second-order valence-electron chi connectivity index (χ2n) is 8.02. The Morgan fingerprint density at radius 1 is 1.00 bits per heavy atom. The van der Waals surface area contributed by atoms with E-state index in [1.807, 2.05) is 24.3 Å². The Hall–Kier alpha value is -4.01. The van der Waals surface area contributed by atoms with Crippen molar-refractivity contribution in [2.24, 2.45) is 0 Å². The Kier molecular flexibility index (Phi) is 5.16. The van der Waals surface area contributed by atoms with Crippen molar-refractivity contribution in [3.8, 4) is 23.0 Å². The summed E-state index contributed by atoms with van der Waals surface area (Å²) in [5.74, 6) is 1.81. The molecular formula is C24H24N4O5. The molecule has 1 aromatic heterocycles. The molecule has 0 amide bonds. The first-order chi connectivity index (χ1) is 16.0. The first-order valence-electron chi connectivity index (χ1n) is 10.6. The van der Waals surface area contributed by atoms with Crippen LogP contribution in [0.15, 0.2) is 54.0 Å². The SMILES string of the molecule is COc1ccc(C2CC(=O)C3=C(C2)Nc2ncnn2C3c2cc(OC)c(O)c(OC)c2)cc1. The predicted molar refractivity (Wildman–Crippen MR) is 120 cm³/mol. The van der Waals surface area contributed by atoms with Gasteiger partial charge in [0.25, 0.3) is 0 Å². The number of hydrogen-bond acceptors (Lipinski definition) is 8. The van der Waals surface area contributed by atoms with Crippen molar-refractivity contribution < 1.29 is 24.1 Å². The van der Waals surface area contributed by atoms with Crippen LogP contribution in [0.2, 0.25) is 0 Å². The van der Waals surface area contributed by atoms with Crippen LogP contribution in [0.4, 0.5) is 5.95 Å². The molecule has 0 radical (unpaired) electrons. The van der Waals surface area contributed by atoms with Gasteiger partial charge in [-0.3, -0.25) is 4.79 Å². The number of phenolic OH excluding ortho intramolecular Hbond substituents is 1. The van der Waals surface area contributed by atoms with Gasteiger partial charge < -0.3 is 24.6 Å². The summed E-state index contributed by atoms with van der Waals surface area (Å²) in [6, 6.07) is 10.7. The normalized spacial score (nSPS) is 19.4. The number of anilines is 1. The molecule has 170 valence electrons. The van der Waals surface area contributed by atoms with Crippen LogP contribution in [0.3, 0.4) is 0 Å². The molecule has 3 aromatic rings. The molecule has 0 fully saturated rings. The molecule has 0 saturated heterocycles. The highest BCUT2D eigenvalue weighted by atomic mass is 16.5. The van der Waals surface area contributed by atoms with Crippen LogP contribution in [0.25, 0.3) is 0 Å². The topological polar surface area (TPSA) is 108 Å². The van der Waals surface area contributed by atoms with Gasteiger partial charge in [0, 0.05) is 17.7 Å². The van der Waals surface area contributed by atoms with Crippen molar-refractivity contribution in [2.45, 2.75) is 24.8 Å². The summed E-state index contributed by atoms with van der Waals surface area (Å²) in [6.07, 6.45) is 2.48. The smallest absolute Gasteiger partial charge is 0.226 e. The molecule has 5 rings (SSSR count). The Morgan fingerprint density at radius 2 is 1.70 bits per heavy atom. The van der Waals surface area contributed by atoms with Crippen molar-refractivity contribution in [1.29, 1.82) is 0 Å². The number of phenols is 1. The van der Waals surface area contributed by atoms with Crippen LogP contribution >= 0.6 is 0 Å². The number of nitrogens with one attached hydrogen (secondary N) is 1. The molecule has 1 aliphatic heterocycles. The summed E-state index contributed by atoms with van der Waals surface area (Å²) >= 11 is 0. The summed E-state index contributed by atoms with van der Waals surface area (Å²) in [5, 5.41) is 18.0. The maximum absolute atomic E-state index is 13.5.